The lowest BCUT2D eigenvalue weighted by Crippen LogP contribution is -2.49. The summed E-state index contributed by atoms with van der Waals surface area (Å²) in [5, 5.41) is 24.7. The van der Waals surface area contributed by atoms with Crippen LogP contribution in [0.2, 0.25) is 0 Å². The van der Waals surface area contributed by atoms with E-state index in [0.717, 1.165) is 0 Å². The average Bonchev–Trinajstić information content (AvgIpc) is 3.05. The smallest absolute Gasteiger partial charge is 0.326 e. The first kappa shape index (κ1) is 24.9. The van der Waals surface area contributed by atoms with E-state index in [4.69, 9.17) is 0 Å². The molecule has 9 nitrogen and oxygen atoms in total. The number of nitrogens with one attached hydrogen (secondary N) is 2. The second kappa shape index (κ2) is 9.62. The summed E-state index contributed by atoms with van der Waals surface area (Å²) in [5.74, 6) is -3.58. The molecule has 1 fully saturated rings. The zero-order valence-electron chi connectivity index (χ0n) is 19.4. The first-order valence-corrected chi connectivity index (χ1v) is 11.0. The zero-order chi connectivity index (χ0) is 25.1. The molecule has 1 aromatic heterocycles. The van der Waals surface area contributed by atoms with Crippen LogP contribution in [0, 0.1) is 16.7 Å². The number of hydrogen-bond donors (Lipinski definition) is 4. The molecule has 3 atom stereocenters. The Bertz CT molecular complexity index is 1080. The summed E-state index contributed by atoms with van der Waals surface area (Å²) in [6.45, 7) is 5.11. The maximum atomic E-state index is 13.0. The number of carbonyl (C=O) groups excluding carboxylic acids is 2. The third-order valence-corrected chi connectivity index (χ3v) is 7.18. The Kier molecular flexibility index (Phi) is 7.04. The number of carboxylic acid groups (broad SMARTS) is 2. The highest BCUT2D eigenvalue weighted by molar-refractivity contribution is 6.02. The molecule has 0 saturated heterocycles. The fourth-order valence-corrected chi connectivity index (χ4v) is 4.47. The van der Waals surface area contributed by atoms with Crippen LogP contribution in [0.4, 0.5) is 5.69 Å². The van der Waals surface area contributed by atoms with Crippen molar-refractivity contribution in [1.29, 1.82) is 0 Å². The third-order valence-electron chi connectivity index (χ3n) is 7.18. The van der Waals surface area contributed by atoms with Crippen LogP contribution in [0.5, 0.6) is 0 Å². The molecule has 1 heterocycles. The van der Waals surface area contributed by atoms with Crippen LogP contribution in [-0.2, 0) is 20.8 Å². The molecule has 0 radical (unpaired) electrons. The van der Waals surface area contributed by atoms with E-state index in [9.17, 15) is 29.4 Å². The topological polar surface area (TPSA) is 146 Å². The summed E-state index contributed by atoms with van der Waals surface area (Å²) in [5.41, 5.74) is -0.447. The van der Waals surface area contributed by atoms with Gasteiger partial charge in [-0.3, -0.25) is 19.4 Å². The molecule has 3 rings (SSSR count). The predicted molar refractivity (Wildman–Crippen MR) is 124 cm³/mol. The minimum Gasteiger partial charge on any atom is -0.481 e. The zero-order valence-corrected chi connectivity index (χ0v) is 19.4. The quantitative estimate of drug-likeness (QED) is 0.467. The second-order valence-electron chi connectivity index (χ2n) is 9.42. The number of benzene rings is 1. The predicted octanol–water partition coefficient (Wildman–Crippen LogP) is 2.97. The number of hydrogen-bond acceptors (Lipinski definition) is 5. The number of aliphatic carboxylic acids is 2. The lowest BCUT2D eigenvalue weighted by molar-refractivity contribution is -0.155. The highest BCUT2D eigenvalue weighted by atomic mass is 16.4. The Hall–Kier alpha value is -3.75. The van der Waals surface area contributed by atoms with Crippen molar-refractivity contribution in [2.45, 2.75) is 46.1 Å². The first-order valence-electron chi connectivity index (χ1n) is 11.0. The van der Waals surface area contributed by atoms with E-state index in [1.807, 2.05) is 0 Å². The monoisotopic (exact) mass is 467 g/mol. The van der Waals surface area contributed by atoms with Gasteiger partial charge in [0.05, 0.1) is 5.41 Å². The molecule has 0 unspecified atom stereocenters. The van der Waals surface area contributed by atoms with Crippen LogP contribution in [0.3, 0.4) is 0 Å². The van der Waals surface area contributed by atoms with Gasteiger partial charge in [-0.05, 0) is 55.0 Å². The van der Waals surface area contributed by atoms with Crippen LogP contribution < -0.4 is 10.6 Å². The van der Waals surface area contributed by atoms with Gasteiger partial charge in [-0.2, -0.15) is 0 Å². The molecule has 180 valence electrons. The fraction of sp³-hybridized carbons (Fsp3) is 0.400. The molecule has 1 aliphatic rings. The summed E-state index contributed by atoms with van der Waals surface area (Å²) < 4.78 is 0. The average molecular weight is 468 g/mol. The standard InChI is InChI=1S/C25H29N3O6/c1-24(2)17(11-12-25(24,3)23(33)34)20(29)28-19(22(31)32)14-15-7-9-16(10-8-15)27-21(30)18-6-4-5-13-26-18/h4-10,13,17,19H,11-12,14H2,1-3H3,(H,27,30)(H,28,29)(H,31,32)(H,33,34)/t17-,19+,25+/m1/s1. The Balaban J connectivity index is 1.65. The van der Waals surface area contributed by atoms with Crippen LogP contribution in [0.25, 0.3) is 0 Å². The van der Waals surface area contributed by atoms with Gasteiger partial charge in [0.1, 0.15) is 11.7 Å². The van der Waals surface area contributed by atoms with Crippen molar-refractivity contribution in [2.75, 3.05) is 5.32 Å². The number of nitrogens with zero attached hydrogens (tertiary/aromatic N) is 1. The molecule has 2 amide bonds. The molecule has 1 aromatic carbocycles. The van der Waals surface area contributed by atoms with Crippen molar-refractivity contribution in [3.05, 3.63) is 59.9 Å². The molecule has 0 spiro atoms. The van der Waals surface area contributed by atoms with Crippen molar-refractivity contribution < 1.29 is 29.4 Å². The van der Waals surface area contributed by atoms with Gasteiger partial charge < -0.3 is 20.8 Å². The molecule has 1 saturated carbocycles. The van der Waals surface area contributed by atoms with E-state index in [1.54, 1.807) is 63.2 Å². The van der Waals surface area contributed by atoms with Crippen molar-refractivity contribution in [1.82, 2.24) is 10.3 Å². The van der Waals surface area contributed by atoms with Gasteiger partial charge in [0.2, 0.25) is 5.91 Å². The molecule has 9 heteroatoms. The second-order valence-corrected chi connectivity index (χ2v) is 9.42. The summed E-state index contributed by atoms with van der Waals surface area (Å²) in [7, 11) is 0. The van der Waals surface area contributed by atoms with E-state index >= 15 is 0 Å². The lowest BCUT2D eigenvalue weighted by atomic mass is 9.65. The van der Waals surface area contributed by atoms with Gasteiger partial charge >= 0.3 is 11.9 Å². The molecular weight excluding hydrogens is 438 g/mol. The minimum absolute atomic E-state index is 0.0406. The van der Waals surface area contributed by atoms with Gasteiger partial charge in [0, 0.05) is 24.2 Å². The minimum atomic E-state index is -1.18. The largest absolute Gasteiger partial charge is 0.481 e. The van der Waals surface area contributed by atoms with E-state index < -0.39 is 40.6 Å². The van der Waals surface area contributed by atoms with E-state index in [-0.39, 0.29) is 18.0 Å². The van der Waals surface area contributed by atoms with Crippen LogP contribution in [-0.4, -0.2) is 45.0 Å². The van der Waals surface area contributed by atoms with Crippen LogP contribution >= 0.6 is 0 Å². The maximum absolute atomic E-state index is 13.0. The van der Waals surface area contributed by atoms with Crippen molar-refractivity contribution in [3.8, 4) is 0 Å². The maximum Gasteiger partial charge on any atom is 0.326 e. The van der Waals surface area contributed by atoms with Gasteiger partial charge in [-0.15, -0.1) is 0 Å². The molecule has 34 heavy (non-hydrogen) atoms. The van der Waals surface area contributed by atoms with Crippen molar-refractivity contribution in [2.24, 2.45) is 16.7 Å². The molecule has 0 aliphatic heterocycles. The van der Waals surface area contributed by atoms with Crippen LogP contribution in [0.1, 0.15) is 49.7 Å². The highest BCUT2D eigenvalue weighted by Gasteiger charge is 2.58. The number of pyridine rings is 1. The number of amides is 2. The van der Waals surface area contributed by atoms with E-state index in [2.05, 4.69) is 15.6 Å². The molecular formula is C25H29N3O6. The summed E-state index contributed by atoms with van der Waals surface area (Å²) in [6, 6.07) is 10.5. The Morgan fingerprint density at radius 2 is 1.74 bits per heavy atom. The highest BCUT2D eigenvalue weighted by Crippen LogP contribution is 2.56. The Labute approximate surface area is 197 Å². The van der Waals surface area contributed by atoms with E-state index in [0.29, 0.717) is 24.1 Å². The molecule has 0 bridgehead atoms. The number of anilines is 1. The Morgan fingerprint density at radius 3 is 2.26 bits per heavy atom. The molecule has 4 N–H and O–H groups in total. The fourth-order valence-electron chi connectivity index (χ4n) is 4.47. The number of carboxylic acids is 2. The van der Waals surface area contributed by atoms with Gasteiger partial charge in [-0.1, -0.05) is 32.0 Å². The van der Waals surface area contributed by atoms with Crippen molar-refractivity contribution in [3.63, 3.8) is 0 Å². The van der Waals surface area contributed by atoms with Gasteiger partial charge in [0.15, 0.2) is 0 Å². The van der Waals surface area contributed by atoms with Gasteiger partial charge in [-0.25, -0.2) is 4.79 Å². The number of rotatable bonds is 8. The molecule has 1 aliphatic carbocycles. The molecule has 2 aromatic rings. The van der Waals surface area contributed by atoms with Crippen molar-refractivity contribution >= 4 is 29.4 Å². The van der Waals surface area contributed by atoms with E-state index in [1.165, 1.54) is 6.20 Å². The number of aromatic nitrogens is 1. The van der Waals surface area contributed by atoms with Gasteiger partial charge in [0.25, 0.3) is 5.91 Å². The third kappa shape index (κ3) is 4.93. The SMILES string of the molecule is CC1(C)[C@@H](C(=O)N[C@@H](Cc2ccc(NC(=O)c3ccccn3)cc2)C(=O)O)CC[C@@]1(C)C(=O)O. The summed E-state index contributed by atoms with van der Waals surface area (Å²) >= 11 is 0. The van der Waals surface area contributed by atoms with Crippen LogP contribution in [0.15, 0.2) is 48.7 Å². The lowest BCUT2D eigenvalue weighted by Gasteiger charge is -2.38. The summed E-state index contributed by atoms with van der Waals surface area (Å²) in [6.07, 6.45) is 2.28. The number of carbonyl (C=O) groups is 4. The normalized spacial score (nSPS) is 21.9. The first-order chi connectivity index (χ1) is 16.0. The summed E-state index contributed by atoms with van der Waals surface area (Å²) in [4.78, 5) is 52.8. The Morgan fingerprint density at radius 1 is 1.06 bits per heavy atom.